The van der Waals surface area contributed by atoms with Crippen molar-refractivity contribution in [2.75, 3.05) is 11.5 Å². The van der Waals surface area contributed by atoms with Crippen molar-refractivity contribution in [2.45, 2.75) is 13.0 Å². The molecule has 0 radical (unpaired) electrons. The quantitative estimate of drug-likeness (QED) is 0.235. The second-order valence-electron chi connectivity index (χ2n) is 8.07. The number of aliphatic hydroxyl groups is 1. The molecule has 1 aliphatic heterocycles. The molecule has 0 aliphatic carbocycles. The number of ketones is 1. The van der Waals surface area contributed by atoms with Gasteiger partial charge in [0.2, 0.25) is 0 Å². The van der Waals surface area contributed by atoms with Crippen molar-refractivity contribution in [3.05, 3.63) is 114 Å². The van der Waals surface area contributed by atoms with E-state index >= 15 is 0 Å². The van der Waals surface area contributed by atoms with E-state index in [-0.39, 0.29) is 11.3 Å². The first-order valence-corrected chi connectivity index (χ1v) is 11.2. The molecule has 0 spiro atoms. The van der Waals surface area contributed by atoms with Gasteiger partial charge in [-0.15, -0.1) is 0 Å². The van der Waals surface area contributed by atoms with Gasteiger partial charge < -0.3 is 9.84 Å². The number of nitrogens with zero attached hydrogens (tertiary/aromatic N) is 1. The number of rotatable bonds is 5. The Morgan fingerprint density at radius 3 is 2.24 bits per heavy atom. The maximum absolute atomic E-state index is 13.3. The van der Waals surface area contributed by atoms with Crippen molar-refractivity contribution in [3.8, 4) is 5.75 Å². The first-order valence-electron chi connectivity index (χ1n) is 11.2. The zero-order chi connectivity index (χ0) is 23.7. The molecule has 0 bridgehead atoms. The van der Waals surface area contributed by atoms with Gasteiger partial charge in [-0.25, -0.2) is 0 Å². The zero-order valence-corrected chi connectivity index (χ0v) is 18.6. The predicted octanol–water partition coefficient (Wildman–Crippen LogP) is 5.86. The van der Waals surface area contributed by atoms with E-state index in [0.29, 0.717) is 23.6 Å². The smallest absolute Gasteiger partial charge is 0.300 e. The van der Waals surface area contributed by atoms with E-state index in [9.17, 15) is 14.7 Å². The molecule has 0 saturated carbocycles. The SMILES string of the molecule is CCOc1ccc(N2C(=O)C(=O)/C(=C(\O)c3ccc4ccccc4c3)C2c2ccccc2)cc1. The Bertz CT molecular complexity index is 1410. The molecule has 4 aromatic rings. The normalized spacial score (nSPS) is 17.3. The molecule has 4 aromatic carbocycles. The Hall–Kier alpha value is -4.38. The van der Waals surface area contributed by atoms with E-state index in [4.69, 9.17) is 4.74 Å². The van der Waals surface area contributed by atoms with Crippen molar-refractivity contribution in [2.24, 2.45) is 0 Å². The monoisotopic (exact) mass is 449 g/mol. The molecule has 0 aromatic heterocycles. The molecular formula is C29H23NO4. The molecule has 34 heavy (non-hydrogen) atoms. The van der Waals surface area contributed by atoms with Crippen molar-refractivity contribution in [1.82, 2.24) is 0 Å². The molecule has 1 unspecified atom stereocenters. The van der Waals surface area contributed by atoms with E-state index < -0.39 is 17.7 Å². The van der Waals surface area contributed by atoms with Crippen molar-refractivity contribution >= 4 is 33.9 Å². The van der Waals surface area contributed by atoms with Crippen LogP contribution in [0.2, 0.25) is 0 Å². The lowest BCUT2D eigenvalue weighted by Crippen LogP contribution is -2.29. The molecule has 5 heteroatoms. The van der Waals surface area contributed by atoms with Crippen LogP contribution >= 0.6 is 0 Å². The largest absolute Gasteiger partial charge is 0.507 e. The Kier molecular flexibility index (Phi) is 5.60. The summed E-state index contributed by atoms with van der Waals surface area (Å²) in [4.78, 5) is 28.0. The number of Topliss-reactive ketones (excluding diaryl/α,β-unsaturated/α-hetero) is 1. The number of carbonyl (C=O) groups is 2. The van der Waals surface area contributed by atoms with Crippen LogP contribution in [0.1, 0.15) is 24.1 Å². The van der Waals surface area contributed by atoms with E-state index in [1.165, 1.54) is 4.90 Å². The highest BCUT2D eigenvalue weighted by atomic mass is 16.5. The van der Waals surface area contributed by atoms with Crippen LogP contribution in [0, 0.1) is 0 Å². The number of fused-ring (bicyclic) bond motifs is 1. The molecular weight excluding hydrogens is 426 g/mol. The fraction of sp³-hybridized carbons (Fsp3) is 0.103. The number of hydrogen-bond acceptors (Lipinski definition) is 4. The van der Waals surface area contributed by atoms with E-state index in [1.807, 2.05) is 73.7 Å². The highest BCUT2D eigenvalue weighted by Crippen LogP contribution is 2.42. The van der Waals surface area contributed by atoms with Crippen molar-refractivity contribution < 1.29 is 19.4 Å². The number of hydrogen-bond donors (Lipinski definition) is 1. The van der Waals surface area contributed by atoms with Gasteiger partial charge in [-0.2, -0.15) is 0 Å². The summed E-state index contributed by atoms with van der Waals surface area (Å²) < 4.78 is 5.52. The van der Waals surface area contributed by atoms with Crippen LogP contribution in [-0.2, 0) is 9.59 Å². The maximum Gasteiger partial charge on any atom is 0.300 e. The van der Waals surface area contributed by atoms with Gasteiger partial charge in [-0.1, -0.05) is 66.7 Å². The first kappa shape index (κ1) is 21.5. The molecule has 1 fully saturated rings. The van der Waals surface area contributed by atoms with Crippen LogP contribution in [0.3, 0.4) is 0 Å². The molecule has 168 valence electrons. The first-order chi connectivity index (χ1) is 16.6. The van der Waals surface area contributed by atoms with Crippen LogP contribution in [0.25, 0.3) is 16.5 Å². The number of anilines is 1. The summed E-state index contributed by atoms with van der Waals surface area (Å²) in [5.74, 6) is -0.907. The predicted molar refractivity (Wildman–Crippen MR) is 133 cm³/mol. The Labute approximate surface area is 197 Å². The topological polar surface area (TPSA) is 66.8 Å². The third kappa shape index (κ3) is 3.71. The summed E-state index contributed by atoms with van der Waals surface area (Å²) in [5, 5.41) is 13.3. The Morgan fingerprint density at radius 1 is 0.853 bits per heavy atom. The average molecular weight is 450 g/mol. The number of carbonyl (C=O) groups excluding carboxylic acids is 2. The lowest BCUT2D eigenvalue weighted by Gasteiger charge is -2.25. The fourth-order valence-electron chi connectivity index (χ4n) is 4.41. The van der Waals surface area contributed by atoms with Crippen LogP contribution in [0.5, 0.6) is 5.75 Å². The van der Waals surface area contributed by atoms with Crippen LogP contribution in [0.4, 0.5) is 5.69 Å². The van der Waals surface area contributed by atoms with Crippen molar-refractivity contribution in [1.29, 1.82) is 0 Å². The molecule has 1 heterocycles. The standard InChI is InChI=1S/C29H23NO4/c1-2-34-24-16-14-23(15-17-24)30-26(20-9-4-3-5-10-20)25(28(32)29(30)33)27(31)22-13-12-19-8-6-7-11-21(19)18-22/h3-18,26,31H,2H2,1H3/b27-25-. The minimum absolute atomic E-state index is 0.0698. The van der Waals surface area contributed by atoms with Crippen LogP contribution < -0.4 is 9.64 Å². The van der Waals surface area contributed by atoms with E-state index in [1.54, 1.807) is 30.3 Å². The summed E-state index contributed by atoms with van der Waals surface area (Å²) in [7, 11) is 0. The summed E-state index contributed by atoms with van der Waals surface area (Å²) in [6.45, 7) is 2.42. The van der Waals surface area contributed by atoms with Gasteiger partial charge in [0.1, 0.15) is 11.5 Å². The number of benzene rings is 4. The summed E-state index contributed by atoms with van der Waals surface area (Å²) >= 11 is 0. The summed E-state index contributed by atoms with van der Waals surface area (Å²) in [5.41, 5.74) is 1.85. The van der Waals surface area contributed by atoms with Crippen LogP contribution in [-0.4, -0.2) is 23.4 Å². The molecule has 5 nitrogen and oxygen atoms in total. The summed E-state index contributed by atoms with van der Waals surface area (Å²) in [6.07, 6.45) is 0. The summed E-state index contributed by atoms with van der Waals surface area (Å²) in [6, 6.07) is 28.8. The highest BCUT2D eigenvalue weighted by molar-refractivity contribution is 6.51. The van der Waals surface area contributed by atoms with Gasteiger partial charge in [0, 0.05) is 11.3 Å². The molecule has 1 saturated heterocycles. The van der Waals surface area contributed by atoms with Gasteiger partial charge in [-0.3, -0.25) is 14.5 Å². The Morgan fingerprint density at radius 2 is 1.53 bits per heavy atom. The molecule has 1 amide bonds. The zero-order valence-electron chi connectivity index (χ0n) is 18.6. The number of ether oxygens (including phenoxy) is 1. The second-order valence-corrected chi connectivity index (χ2v) is 8.07. The third-order valence-corrected chi connectivity index (χ3v) is 6.01. The minimum atomic E-state index is -0.759. The maximum atomic E-state index is 13.3. The molecule has 5 rings (SSSR count). The highest BCUT2D eigenvalue weighted by Gasteiger charge is 2.46. The van der Waals surface area contributed by atoms with Gasteiger partial charge in [0.25, 0.3) is 11.7 Å². The fourth-order valence-corrected chi connectivity index (χ4v) is 4.41. The lowest BCUT2D eigenvalue weighted by molar-refractivity contribution is -0.132. The minimum Gasteiger partial charge on any atom is -0.507 e. The van der Waals surface area contributed by atoms with E-state index in [2.05, 4.69) is 0 Å². The number of aliphatic hydroxyl groups excluding tert-OH is 1. The van der Waals surface area contributed by atoms with Crippen LogP contribution in [0.15, 0.2) is 103 Å². The van der Waals surface area contributed by atoms with Gasteiger partial charge in [0.15, 0.2) is 0 Å². The van der Waals surface area contributed by atoms with Gasteiger partial charge >= 0.3 is 0 Å². The molecule has 1 atom stereocenters. The van der Waals surface area contributed by atoms with E-state index in [0.717, 1.165) is 16.3 Å². The average Bonchev–Trinajstić information content (AvgIpc) is 3.15. The third-order valence-electron chi connectivity index (χ3n) is 6.01. The van der Waals surface area contributed by atoms with Crippen molar-refractivity contribution in [3.63, 3.8) is 0 Å². The second kappa shape index (κ2) is 8.87. The molecule has 1 N–H and O–H groups in total. The molecule has 1 aliphatic rings. The van der Waals surface area contributed by atoms with Gasteiger partial charge in [0.05, 0.1) is 18.2 Å². The number of amides is 1. The van der Waals surface area contributed by atoms with Gasteiger partial charge in [-0.05, 0) is 53.6 Å². The lowest BCUT2D eigenvalue weighted by atomic mass is 9.94. The Balaban J connectivity index is 1.67.